The molecule has 2 aromatic rings. The van der Waals surface area contributed by atoms with Gasteiger partial charge in [-0.3, -0.25) is 4.79 Å². The maximum absolute atomic E-state index is 12.4. The molecular formula is C12H8F3NO. The minimum atomic E-state index is -4.45. The Kier molecular flexibility index (Phi) is 2.61. The van der Waals surface area contributed by atoms with E-state index in [-0.39, 0.29) is 11.3 Å². The highest BCUT2D eigenvalue weighted by atomic mass is 19.4. The number of alkyl halides is 3. The predicted octanol–water partition coefficient (Wildman–Crippen LogP) is 3.46. The van der Waals surface area contributed by atoms with Crippen molar-refractivity contribution >= 4 is 16.7 Å². The van der Waals surface area contributed by atoms with Gasteiger partial charge in [-0.05, 0) is 31.2 Å². The smallest absolute Gasteiger partial charge is 0.295 e. The van der Waals surface area contributed by atoms with E-state index in [2.05, 4.69) is 4.98 Å². The fourth-order valence-corrected chi connectivity index (χ4v) is 1.50. The molecule has 17 heavy (non-hydrogen) atoms. The van der Waals surface area contributed by atoms with Gasteiger partial charge in [0.15, 0.2) is 5.78 Å². The number of carbonyl (C=O) groups is 1. The van der Waals surface area contributed by atoms with Crippen molar-refractivity contribution < 1.29 is 18.0 Å². The fraction of sp³-hybridized carbons (Fsp3) is 0.167. The van der Waals surface area contributed by atoms with Gasteiger partial charge >= 0.3 is 6.18 Å². The highest BCUT2D eigenvalue weighted by molar-refractivity contribution is 5.97. The number of benzene rings is 1. The molecule has 0 aliphatic heterocycles. The summed E-state index contributed by atoms with van der Waals surface area (Å²) in [6, 6.07) is 6.65. The summed E-state index contributed by atoms with van der Waals surface area (Å²) in [5.74, 6) is -0.133. The third kappa shape index (κ3) is 2.27. The Morgan fingerprint density at radius 3 is 2.47 bits per heavy atom. The number of hydrogen-bond donors (Lipinski definition) is 0. The number of fused-ring (bicyclic) bond motifs is 1. The van der Waals surface area contributed by atoms with Crippen molar-refractivity contribution in [2.75, 3.05) is 0 Å². The molecule has 0 amide bonds. The summed E-state index contributed by atoms with van der Waals surface area (Å²) in [5, 5.41) is 0.519. The first-order chi connectivity index (χ1) is 7.88. The second-order valence-corrected chi connectivity index (χ2v) is 3.66. The van der Waals surface area contributed by atoms with Gasteiger partial charge in [0.05, 0.1) is 5.52 Å². The maximum atomic E-state index is 12.4. The monoisotopic (exact) mass is 239 g/mol. The molecule has 1 heterocycles. The van der Waals surface area contributed by atoms with Crippen molar-refractivity contribution in [1.29, 1.82) is 0 Å². The Labute approximate surface area is 95.1 Å². The zero-order chi connectivity index (χ0) is 12.6. The molecule has 0 unspecified atom stereocenters. The summed E-state index contributed by atoms with van der Waals surface area (Å²) in [5.41, 5.74) is -0.246. The summed E-state index contributed by atoms with van der Waals surface area (Å²) >= 11 is 0. The van der Waals surface area contributed by atoms with Crippen LogP contribution >= 0.6 is 0 Å². The van der Waals surface area contributed by atoms with E-state index >= 15 is 0 Å². The number of Topliss-reactive ketones (excluding diaryl/α,β-unsaturated/α-hetero) is 1. The molecule has 0 saturated heterocycles. The highest BCUT2D eigenvalue weighted by Gasteiger charge is 2.32. The Hall–Kier alpha value is -1.91. The van der Waals surface area contributed by atoms with Gasteiger partial charge in [-0.15, -0.1) is 0 Å². The zero-order valence-corrected chi connectivity index (χ0v) is 8.88. The van der Waals surface area contributed by atoms with E-state index in [1.54, 1.807) is 0 Å². The molecule has 2 nitrogen and oxygen atoms in total. The van der Waals surface area contributed by atoms with Crippen LogP contribution in [0, 0.1) is 0 Å². The molecule has 0 saturated carbocycles. The van der Waals surface area contributed by atoms with Crippen molar-refractivity contribution in [2.45, 2.75) is 13.1 Å². The molecule has 1 aromatic heterocycles. The lowest BCUT2D eigenvalue weighted by Gasteiger charge is -2.07. The van der Waals surface area contributed by atoms with E-state index in [0.717, 1.165) is 6.07 Å². The average Bonchev–Trinajstić information content (AvgIpc) is 2.26. The van der Waals surface area contributed by atoms with Gasteiger partial charge in [-0.1, -0.05) is 6.07 Å². The molecule has 2 rings (SSSR count). The third-order valence-electron chi connectivity index (χ3n) is 2.39. The molecule has 88 valence electrons. The number of pyridine rings is 1. The van der Waals surface area contributed by atoms with Gasteiger partial charge in [0.25, 0.3) is 0 Å². The molecule has 0 N–H and O–H groups in total. The van der Waals surface area contributed by atoms with Crippen LogP contribution in [0.5, 0.6) is 0 Å². The second-order valence-electron chi connectivity index (χ2n) is 3.66. The van der Waals surface area contributed by atoms with Crippen molar-refractivity contribution in [3.63, 3.8) is 0 Å². The van der Waals surface area contributed by atoms with Crippen LogP contribution in [-0.4, -0.2) is 10.8 Å². The number of nitrogens with zero attached hydrogens (tertiary/aromatic N) is 1. The molecule has 0 radical (unpaired) electrons. The fourth-order valence-electron chi connectivity index (χ4n) is 1.50. The minimum Gasteiger partial charge on any atom is -0.295 e. The summed E-state index contributed by atoms with van der Waals surface area (Å²) < 4.78 is 37.2. The number of rotatable bonds is 1. The van der Waals surface area contributed by atoms with Crippen molar-refractivity contribution in [1.82, 2.24) is 4.98 Å². The predicted molar refractivity (Wildman–Crippen MR) is 56.7 cm³/mol. The topological polar surface area (TPSA) is 30.0 Å². The Morgan fingerprint density at radius 1 is 1.18 bits per heavy atom. The van der Waals surface area contributed by atoms with E-state index in [9.17, 15) is 18.0 Å². The van der Waals surface area contributed by atoms with Crippen LogP contribution in [-0.2, 0) is 6.18 Å². The van der Waals surface area contributed by atoms with Crippen molar-refractivity contribution in [3.05, 3.63) is 41.6 Å². The van der Waals surface area contributed by atoms with E-state index in [0.29, 0.717) is 10.9 Å². The van der Waals surface area contributed by atoms with Crippen LogP contribution in [0.15, 0.2) is 30.3 Å². The van der Waals surface area contributed by atoms with Gasteiger partial charge < -0.3 is 0 Å². The molecule has 1 aromatic carbocycles. The van der Waals surface area contributed by atoms with Crippen LogP contribution in [0.2, 0.25) is 0 Å². The number of hydrogen-bond acceptors (Lipinski definition) is 2. The SMILES string of the molecule is CC(=O)c1ccc2nc(C(F)(F)F)ccc2c1. The number of halogens is 3. The molecule has 5 heteroatoms. The Balaban J connectivity index is 2.58. The maximum Gasteiger partial charge on any atom is 0.433 e. The van der Waals surface area contributed by atoms with Crippen molar-refractivity contribution in [3.8, 4) is 0 Å². The van der Waals surface area contributed by atoms with Crippen LogP contribution in [0.25, 0.3) is 10.9 Å². The first-order valence-corrected chi connectivity index (χ1v) is 4.87. The van der Waals surface area contributed by atoms with Gasteiger partial charge in [0, 0.05) is 10.9 Å². The van der Waals surface area contributed by atoms with Crippen molar-refractivity contribution in [2.24, 2.45) is 0 Å². The Bertz CT molecular complexity index is 590. The number of ketones is 1. The molecule has 0 atom stereocenters. The quantitative estimate of drug-likeness (QED) is 0.713. The minimum absolute atomic E-state index is 0.133. The van der Waals surface area contributed by atoms with E-state index in [1.807, 2.05) is 0 Å². The first kappa shape index (κ1) is 11.6. The third-order valence-corrected chi connectivity index (χ3v) is 2.39. The van der Waals surface area contributed by atoms with Crippen LogP contribution in [0.1, 0.15) is 23.0 Å². The van der Waals surface area contributed by atoms with Gasteiger partial charge in [-0.2, -0.15) is 13.2 Å². The summed E-state index contributed by atoms with van der Waals surface area (Å²) in [6.07, 6.45) is -4.45. The normalized spacial score (nSPS) is 11.8. The summed E-state index contributed by atoms with van der Waals surface area (Å²) in [6.45, 7) is 1.40. The molecular weight excluding hydrogens is 231 g/mol. The first-order valence-electron chi connectivity index (χ1n) is 4.87. The molecule has 0 spiro atoms. The van der Waals surface area contributed by atoms with E-state index < -0.39 is 11.9 Å². The Morgan fingerprint density at radius 2 is 1.88 bits per heavy atom. The summed E-state index contributed by atoms with van der Waals surface area (Å²) in [7, 11) is 0. The zero-order valence-electron chi connectivity index (χ0n) is 8.88. The average molecular weight is 239 g/mol. The molecule has 0 aliphatic carbocycles. The van der Waals surface area contributed by atoms with Crippen LogP contribution in [0.3, 0.4) is 0 Å². The molecule has 0 fully saturated rings. The lowest BCUT2D eigenvalue weighted by Crippen LogP contribution is -2.07. The number of carbonyl (C=O) groups excluding carboxylic acids is 1. The van der Waals surface area contributed by atoms with E-state index in [4.69, 9.17) is 0 Å². The standard InChI is InChI=1S/C12H8F3NO/c1-7(17)8-2-4-10-9(6-8)3-5-11(16-10)12(13,14)15/h2-6H,1H3. The lowest BCUT2D eigenvalue weighted by molar-refractivity contribution is -0.140. The highest BCUT2D eigenvalue weighted by Crippen LogP contribution is 2.29. The van der Waals surface area contributed by atoms with Gasteiger partial charge in [0.2, 0.25) is 0 Å². The number of aromatic nitrogens is 1. The van der Waals surface area contributed by atoms with Crippen LogP contribution in [0.4, 0.5) is 13.2 Å². The van der Waals surface area contributed by atoms with Gasteiger partial charge in [0.1, 0.15) is 5.69 Å². The second kappa shape index (κ2) is 3.84. The van der Waals surface area contributed by atoms with Crippen LogP contribution < -0.4 is 0 Å². The summed E-state index contributed by atoms with van der Waals surface area (Å²) in [4.78, 5) is 14.6. The van der Waals surface area contributed by atoms with E-state index in [1.165, 1.54) is 31.2 Å². The largest absolute Gasteiger partial charge is 0.433 e. The molecule has 0 aliphatic rings. The van der Waals surface area contributed by atoms with Gasteiger partial charge in [-0.25, -0.2) is 4.98 Å². The molecule has 0 bridgehead atoms. The lowest BCUT2D eigenvalue weighted by atomic mass is 10.1.